The lowest BCUT2D eigenvalue weighted by molar-refractivity contribution is -0.147. The molecule has 1 unspecified atom stereocenters. The fraction of sp³-hybridized carbons (Fsp3) is 0.353. The van der Waals surface area contributed by atoms with Gasteiger partial charge in [0.05, 0.1) is 6.61 Å². The summed E-state index contributed by atoms with van der Waals surface area (Å²) in [6.45, 7) is 7.60. The topological polar surface area (TPSA) is 117 Å². The molecular weight excluding hydrogens is 550 g/mol. The van der Waals surface area contributed by atoms with Crippen LogP contribution in [0.1, 0.15) is 68.4 Å². The van der Waals surface area contributed by atoms with Crippen molar-refractivity contribution >= 4 is 23.8 Å². The van der Waals surface area contributed by atoms with Crippen molar-refractivity contribution in [3.63, 3.8) is 0 Å². The smallest absolute Gasteiger partial charge is 0.408 e. The van der Waals surface area contributed by atoms with Crippen molar-refractivity contribution in [2.24, 2.45) is 0 Å². The summed E-state index contributed by atoms with van der Waals surface area (Å²) in [7, 11) is 0. The van der Waals surface area contributed by atoms with Crippen molar-refractivity contribution in [2.75, 3.05) is 6.61 Å². The van der Waals surface area contributed by atoms with Crippen LogP contribution < -0.4 is 10.1 Å². The quantitative estimate of drug-likeness (QED) is 0.0737. The maximum atomic E-state index is 13.0. The lowest BCUT2D eigenvalue weighted by Crippen LogP contribution is -2.45. The molecular formula is C34H39NO8. The van der Waals surface area contributed by atoms with Gasteiger partial charge in [-0.05, 0) is 74.7 Å². The van der Waals surface area contributed by atoms with Gasteiger partial charge in [0.1, 0.15) is 36.2 Å². The second-order valence-corrected chi connectivity index (χ2v) is 10.9. The van der Waals surface area contributed by atoms with Crippen molar-refractivity contribution < 1.29 is 38.1 Å². The first-order chi connectivity index (χ1) is 20.5. The number of rotatable bonds is 14. The Balaban J connectivity index is 1.60. The highest BCUT2D eigenvalue weighted by molar-refractivity contribution is 6.06. The summed E-state index contributed by atoms with van der Waals surface area (Å²) in [5.41, 5.74) is 1.25. The molecule has 0 aliphatic rings. The minimum atomic E-state index is -0.973. The Morgan fingerprint density at radius 2 is 1.42 bits per heavy atom. The fourth-order valence-electron chi connectivity index (χ4n) is 3.86. The highest BCUT2D eigenvalue weighted by atomic mass is 16.6. The van der Waals surface area contributed by atoms with Crippen LogP contribution in [0.5, 0.6) is 11.5 Å². The summed E-state index contributed by atoms with van der Waals surface area (Å²) in [5, 5.41) is 2.63. The first kappa shape index (κ1) is 32.8. The maximum Gasteiger partial charge on any atom is 0.408 e. The molecule has 1 amide bonds. The number of hydrogen-bond donors (Lipinski definition) is 1. The summed E-state index contributed by atoms with van der Waals surface area (Å²) in [6.07, 6.45) is 0.808. The summed E-state index contributed by atoms with van der Waals surface area (Å²) in [4.78, 5) is 49.6. The Labute approximate surface area is 252 Å². The van der Waals surface area contributed by atoms with Gasteiger partial charge in [0.15, 0.2) is 5.78 Å². The zero-order chi connectivity index (χ0) is 31.2. The Morgan fingerprint density at radius 1 is 0.791 bits per heavy atom. The second-order valence-electron chi connectivity index (χ2n) is 10.9. The molecule has 0 fully saturated rings. The normalized spacial score (nSPS) is 11.6. The van der Waals surface area contributed by atoms with Gasteiger partial charge in [-0.25, -0.2) is 9.59 Å². The van der Waals surface area contributed by atoms with Crippen molar-refractivity contribution in [2.45, 2.75) is 71.6 Å². The predicted octanol–water partition coefficient (Wildman–Crippen LogP) is 6.57. The van der Waals surface area contributed by atoms with E-state index in [4.69, 9.17) is 18.9 Å². The van der Waals surface area contributed by atoms with E-state index in [1.54, 1.807) is 69.3 Å². The maximum absolute atomic E-state index is 13.0. The summed E-state index contributed by atoms with van der Waals surface area (Å²) in [6, 6.07) is 21.8. The molecule has 0 heterocycles. The number of benzene rings is 3. The molecule has 3 rings (SSSR count). The monoisotopic (exact) mass is 589 g/mol. The van der Waals surface area contributed by atoms with E-state index in [1.165, 1.54) is 0 Å². The number of ketones is 1. The van der Waals surface area contributed by atoms with Gasteiger partial charge in [0, 0.05) is 12.0 Å². The Kier molecular flexibility index (Phi) is 12.3. The van der Waals surface area contributed by atoms with Crippen LogP contribution in [0, 0.1) is 0 Å². The van der Waals surface area contributed by atoms with Crippen molar-refractivity contribution in [1.29, 1.82) is 0 Å². The van der Waals surface area contributed by atoms with Crippen LogP contribution in [0.25, 0.3) is 0 Å². The van der Waals surface area contributed by atoms with Crippen molar-refractivity contribution in [3.05, 3.63) is 95.6 Å². The molecule has 0 spiro atoms. The van der Waals surface area contributed by atoms with E-state index in [0.29, 0.717) is 23.7 Å². The zero-order valence-corrected chi connectivity index (χ0v) is 25.1. The number of carbonyl (C=O) groups is 4. The lowest BCUT2D eigenvalue weighted by atomic mass is 10.1. The number of hydrogen-bond acceptors (Lipinski definition) is 8. The third kappa shape index (κ3) is 12.0. The molecule has 0 aliphatic carbocycles. The number of Topliss-reactive ketones (excluding diaryl/α,β-unsaturated/α-hetero) is 1. The predicted molar refractivity (Wildman–Crippen MR) is 161 cm³/mol. The molecule has 9 nitrogen and oxygen atoms in total. The van der Waals surface area contributed by atoms with Gasteiger partial charge in [0.2, 0.25) is 0 Å². The van der Waals surface area contributed by atoms with Gasteiger partial charge in [0.25, 0.3) is 0 Å². The Bertz CT molecular complexity index is 1350. The molecule has 0 aromatic heterocycles. The van der Waals surface area contributed by atoms with E-state index >= 15 is 0 Å². The number of nitrogens with one attached hydrogen (secondary N) is 1. The van der Waals surface area contributed by atoms with E-state index in [2.05, 4.69) is 5.32 Å². The van der Waals surface area contributed by atoms with Crippen LogP contribution in [0.4, 0.5) is 4.79 Å². The third-order valence-electron chi connectivity index (χ3n) is 6.04. The molecule has 1 N–H and O–H groups in total. The Hall–Kier alpha value is -4.66. The van der Waals surface area contributed by atoms with Crippen LogP contribution in [0.2, 0.25) is 0 Å². The van der Waals surface area contributed by atoms with Gasteiger partial charge in [-0.3, -0.25) is 9.59 Å². The molecule has 0 saturated carbocycles. The molecule has 3 aromatic carbocycles. The highest BCUT2D eigenvalue weighted by Crippen LogP contribution is 2.23. The van der Waals surface area contributed by atoms with Crippen LogP contribution in [0.15, 0.2) is 78.9 Å². The SMILES string of the molecule is CCCCOC(=O)CC(=O)c1ccc(Oc2ccc(CC(NC(=O)OC(C)(C)C)C(=O)OCc3ccccc3)cc2)cc1. The van der Waals surface area contributed by atoms with Crippen LogP contribution in [0.3, 0.4) is 0 Å². The van der Waals surface area contributed by atoms with Crippen LogP contribution >= 0.6 is 0 Å². The minimum absolute atomic E-state index is 0.0758. The average molecular weight is 590 g/mol. The number of carbonyl (C=O) groups excluding carboxylic acids is 4. The number of unbranched alkanes of at least 4 members (excludes halogenated alkanes) is 1. The highest BCUT2D eigenvalue weighted by Gasteiger charge is 2.26. The van der Waals surface area contributed by atoms with Gasteiger partial charge in [-0.2, -0.15) is 0 Å². The molecule has 0 aliphatic heterocycles. The zero-order valence-electron chi connectivity index (χ0n) is 25.1. The van der Waals surface area contributed by atoms with Crippen LogP contribution in [-0.4, -0.2) is 42.1 Å². The molecule has 1 atom stereocenters. The number of alkyl carbamates (subject to hydrolysis) is 1. The van der Waals surface area contributed by atoms with Crippen molar-refractivity contribution in [3.8, 4) is 11.5 Å². The number of ether oxygens (including phenoxy) is 4. The molecule has 0 saturated heterocycles. The van der Waals surface area contributed by atoms with Crippen LogP contribution in [-0.2, 0) is 36.8 Å². The first-order valence-electron chi connectivity index (χ1n) is 14.3. The second kappa shape index (κ2) is 16.1. The number of amides is 1. The van der Waals surface area contributed by atoms with Gasteiger partial charge < -0.3 is 24.3 Å². The van der Waals surface area contributed by atoms with E-state index in [1.807, 2.05) is 37.3 Å². The first-order valence-corrected chi connectivity index (χ1v) is 14.3. The van der Waals surface area contributed by atoms with Crippen molar-refractivity contribution in [1.82, 2.24) is 5.32 Å². The molecule has 0 bridgehead atoms. The van der Waals surface area contributed by atoms with Gasteiger partial charge >= 0.3 is 18.0 Å². The Morgan fingerprint density at radius 3 is 2.02 bits per heavy atom. The van der Waals surface area contributed by atoms with E-state index in [9.17, 15) is 19.2 Å². The van der Waals surface area contributed by atoms with E-state index in [0.717, 1.165) is 24.0 Å². The molecule has 228 valence electrons. The fourth-order valence-corrected chi connectivity index (χ4v) is 3.86. The minimum Gasteiger partial charge on any atom is -0.465 e. The van der Waals surface area contributed by atoms with E-state index < -0.39 is 29.7 Å². The van der Waals surface area contributed by atoms with Gasteiger partial charge in [-0.15, -0.1) is 0 Å². The largest absolute Gasteiger partial charge is 0.465 e. The summed E-state index contributed by atoms with van der Waals surface area (Å²) >= 11 is 0. The summed E-state index contributed by atoms with van der Waals surface area (Å²) < 4.78 is 21.8. The molecule has 0 radical (unpaired) electrons. The third-order valence-corrected chi connectivity index (χ3v) is 6.04. The van der Waals surface area contributed by atoms with E-state index in [-0.39, 0.29) is 25.2 Å². The van der Waals surface area contributed by atoms with Gasteiger partial charge in [-0.1, -0.05) is 55.8 Å². The standard InChI is InChI=1S/C34H39NO8/c1-5-6-20-40-31(37)22-30(36)26-14-18-28(19-15-26)42-27-16-12-24(13-17-27)21-29(35-33(39)43-34(2,3)4)32(38)41-23-25-10-8-7-9-11-25/h7-19,29H,5-6,20-23H2,1-4H3,(H,35,39). The molecule has 9 heteroatoms. The lowest BCUT2D eigenvalue weighted by Gasteiger charge is -2.23. The molecule has 3 aromatic rings. The molecule has 43 heavy (non-hydrogen) atoms. The summed E-state index contributed by atoms with van der Waals surface area (Å²) in [5.74, 6) is -0.408. The average Bonchev–Trinajstić information content (AvgIpc) is 2.96. The number of esters is 2.